The number of hydrogen-bond donors (Lipinski definition) is 3. The molecule has 0 bridgehead atoms. The van der Waals surface area contributed by atoms with E-state index in [2.05, 4.69) is 28.1 Å². The fraction of sp³-hybridized carbons (Fsp3) is 0.364. The van der Waals surface area contributed by atoms with Crippen LogP contribution in [-0.4, -0.2) is 75.9 Å². The van der Waals surface area contributed by atoms with Gasteiger partial charge < -0.3 is 0 Å². The molecule has 0 unspecified atom stereocenters. The van der Waals surface area contributed by atoms with E-state index in [1.807, 2.05) is 43.5 Å². The summed E-state index contributed by atoms with van der Waals surface area (Å²) in [4.78, 5) is 24.6. The third-order valence-electron chi connectivity index (χ3n) is 5.05. The zero-order valence-electron chi connectivity index (χ0n) is 17.3. The molecule has 2 aromatic carbocycles. The zero-order chi connectivity index (χ0) is 21.5. The van der Waals surface area contributed by atoms with E-state index in [1.54, 1.807) is 0 Å². The summed E-state index contributed by atoms with van der Waals surface area (Å²) in [6, 6.07) is 15.8. The molecule has 4 aromatic rings. The first kappa shape index (κ1) is 22.5. The maximum atomic E-state index is 12.3. The molecule has 0 amide bonds. The fourth-order valence-electron chi connectivity index (χ4n) is 3.42. The Labute approximate surface area is 193 Å². The zero-order valence-corrected chi connectivity index (χ0v) is 20.7. The Morgan fingerprint density at radius 2 is 0.968 bits per heavy atom. The summed E-state index contributed by atoms with van der Waals surface area (Å²) in [5.41, 5.74) is 0.338. The van der Waals surface area contributed by atoms with Gasteiger partial charge in [0.05, 0.1) is 0 Å². The Morgan fingerprint density at radius 3 is 1.39 bits per heavy atom. The van der Waals surface area contributed by atoms with Gasteiger partial charge in [0.25, 0.3) is 0 Å². The predicted octanol–water partition coefficient (Wildman–Crippen LogP) is -0.101. The van der Waals surface area contributed by atoms with Gasteiger partial charge in [-0.15, -0.1) is 0 Å². The van der Waals surface area contributed by atoms with Gasteiger partial charge in [-0.05, 0) is 0 Å². The van der Waals surface area contributed by atoms with Gasteiger partial charge in [-0.25, -0.2) is 0 Å². The normalized spacial score (nSPS) is 11.6. The number of benzene rings is 2. The molecule has 9 heteroatoms. The van der Waals surface area contributed by atoms with E-state index in [-0.39, 0.29) is 40.6 Å². The van der Waals surface area contributed by atoms with Crippen molar-refractivity contribution in [2.45, 2.75) is 13.1 Å². The monoisotopic (exact) mass is 553 g/mol. The van der Waals surface area contributed by atoms with Crippen molar-refractivity contribution in [3.8, 4) is 0 Å². The summed E-state index contributed by atoms with van der Waals surface area (Å²) in [5, 5.41) is 12.0. The van der Waals surface area contributed by atoms with Gasteiger partial charge >= 0.3 is 193 Å². The molecule has 0 aliphatic heterocycles. The quantitative estimate of drug-likeness (QED) is 0.169. The van der Waals surface area contributed by atoms with E-state index in [4.69, 9.17) is 0 Å². The summed E-state index contributed by atoms with van der Waals surface area (Å²) < 4.78 is 6.31. The van der Waals surface area contributed by atoms with Crippen molar-refractivity contribution >= 4 is 48.8 Å². The van der Waals surface area contributed by atoms with E-state index in [0.717, 1.165) is 63.1 Å². The van der Waals surface area contributed by atoms with Gasteiger partial charge in [0, 0.05) is 0 Å². The molecule has 0 atom stereocenters. The van der Waals surface area contributed by atoms with Gasteiger partial charge in [-0.3, -0.25) is 0 Å². The van der Waals surface area contributed by atoms with E-state index >= 15 is 0 Å². The maximum absolute atomic E-state index is 12.3. The molecule has 3 N–H and O–H groups in total. The molecule has 0 saturated carbocycles. The van der Waals surface area contributed by atoms with Crippen molar-refractivity contribution in [1.82, 2.24) is 23.1 Å². The van der Waals surface area contributed by atoms with Gasteiger partial charge in [0.15, 0.2) is 0 Å². The Morgan fingerprint density at radius 1 is 0.581 bits per heavy atom. The summed E-state index contributed by atoms with van der Waals surface area (Å²) >= 11 is 0.228. The number of nitrogens with one attached hydrogen (secondary N) is 3. The molecule has 7 nitrogen and oxygen atoms in total. The topological polar surface area (TPSA) is 80.1 Å². The average molecular weight is 551 g/mol. The molecular formula is C22H27N5O2Se2. The summed E-state index contributed by atoms with van der Waals surface area (Å²) in [6.07, 6.45) is 0. The number of fused-ring (bicyclic) bond motifs is 2. The summed E-state index contributed by atoms with van der Waals surface area (Å²) in [6.45, 7) is 6.69. The molecule has 2 heterocycles. The van der Waals surface area contributed by atoms with Crippen LogP contribution in [0.2, 0.25) is 0 Å². The Hall–Kier alpha value is -1.70. The second kappa shape index (κ2) is 11.2. The standard InChI is InChI=1S/C22H27N5O2Se2/c28-21-17-5-1-3-7-19(17)30-26(21)15-13-24-11-9-23-10-12-25-14-16-27-22(29)18-6-2-4-8-20(18)31-27/h1-8,23-25H,9-16H2. The number of rotatable bonds is 12. The van der Waals surface area contributed by atoms with Gasteiger partial charge in [-0.1, -0.05) is 0 Å². The molecule has 0 aliphatic rings. The predicted molar refractivity (Wildman–Crippen MR) is 129 cm³/mol. The first-order valence-electron chi connectivity index (χ1n) is 10.5. The Kier molecular flexibility index (Phi) is 8.16. The van der Waals surface area contributed by atoms with Crippen molar-refractivity contribution in [3.63, 3.8) is 0 Å². The molecule has 31 heavy (non-hydrogen) atoms. The van der Waals surface area contributed by atoms with Crippen LogP contribution in [0, 0.1) is 0 Å². The first-order valence-corrected chi connectivity index (χ1v) is 13.8. The SMILES string of the molecule is O=c1c2ccccc2[se]n1CCNCCNCCNCCn1[se]c2ccccc2c1=O. The third-order valence-corrected chi connectivity index (χ3v) is 9.75. The molecule has 0 saturated heterocycles. The second-order valence-electron chi connectivity index (χ2n) is 7.24. The van der Waals surface area contributed by atoms with Crippen molar-refractivity contribution in [2.75, 3.05) is 39.3 Å². The van der Waals surface area contributed by atoms with Crippen LogP contribution in [0.25, 0.3) is 19.3 Å². The number of hydrogen-bond acceptors (Lipinski definition) is 5. The van der Waals surface area contributed by atoms with Crippen LogP contribution < -0.4 is 27.1 Å². The van der Waals surface area contributed by atoms with Crippen LogP contribution in [-0.2, 0) is 13.1 Å². The van der Waals surface area contributed by atoms with Crippen LogP contribution in [0.3, 0.4) is 0 Å². The van der Waals surface area contributed by atoms with E-state index < -0.39 is 0 Å². The average Bonchev–Trinajstić information content (AvgIpc) is 3.29. The van der Waals surface area contributed by atoms with E-state index in [1.165, 1.54) is 8.52 Å². The summed E-state index contributed by atoms with van der Waals surface area (Å²) in [7, 11) is 0. The molecule has 2 aromatic heterocycles. The molecule has 164 valence electrons. The Balaban J connectivity index is 1.05. The van der Waals surface area contributed by atoms with Crippen LogP contribution in [0.5, 0.6) is 0 Å². The van der Waals surface area contributed by atoms with E-state index in [0.29, 0.717) is 0 Å². The second-order valence-corrected chi connectivity index (χ2v) is 11.7. The number of aromatic nitrogens is 2. The molecule has 0 spiro atoms. The molecular weight excluding hydrogens is 524 g/mol. The fourth-order valence-corrected chi connectivity index (χ4v) is 7.59. The Bertz CT molecular complexity index is 1140. The summed E-state index contributed by atoms with van der Waals surface area (Å²) in [5.74, 6) is 0. The third kappa shape index (κ3) is 5.76. The minimum absolute atomic E-state index is 0.114. The first-order chi connectivity index (χ1) is 15.2. The number of nitrogens with zero attached hydrogens (tertiary/aromatic N) is 2. The van der Waals surface area contributed by atoms with Crippen molar-refractivity contribution in [3.05, 3.63) is 69.2 Å². The van der Waals surface area contributed by atoms with Crippen LogP contribution in [0.1, 0.15) is 0 Å². The van der Waals surface area contributed by atoms with Gasteiger partial charge in [-0.2, -0.15) is 0 Å². The molecule has 0 fully saturated rings. The molecule has 0 aliphatic carbocycles. The van der Waals surface area contributed by atoms with Crippen molar-refractivity contribution in [2.24, 2.45) is 0 Å². The van der Waals surface area contributed by atoms with Crippen LogP contribution >= 0.6 is 0 Å². The van der Waals surface area contributed by atoms with Crippen LogP contribution in [0.15, 0.2) is 58.1 Å². The molecule has 0 radical (unpaired) electrons. The van der Waals surface area contributed by atoms with Gasteiger partial charge in [0.1, 0.15) is 0 Å². The minimum atomic E-state index is 0.114. The van der Waals surface area contributed by atoms with Gasteiger partial charge in [0.2, 0.25) is 0 Å². The van der Waals surface area contributed by atoms with E-state index in [9.17, 15) is 9.59 Å². The van der Waals surface area contributed by atoms with Crippen molar-refractivity contribution < 1.29 is 0 Å². The van der Waals surface area contributed by atoms with Crippen LogP contribution in [0.4, 0.5) is 0 Å². The van der Waals surface area contributed by atoms with Crippen molar-refractivity contribution in [1.29, 1.82) is 0 Å². The molecule has 4 rings (SSSR count).